The molecule has 0 aliphatic carbocycles. The van der Waals surface area contributed by atoms with Crippen molar-refractivity contribution < 1.29 is 13.9 Å². The number of carbonyl (C=O) groups is 1. The molecule has 0 unspecified atom stereocenters. The van der Waals surface area contributed by atoms with Crippen LogP contribution in [0.1, 0.15) is 18.5 Å². The molecular weight excluding hydrogens is 287 g/mol. The third-order valence-electron chi connectivity index (χ3n) is 3.24. The number of nitrogens with zero attached hydrogens (tertiary/aromatic N) is 2. The molecule has 0 fully saturated rings. The lowest BCUT2D eigenvalue weighted by Gasteiger charge is -2.16. The van der Waals surface area contributed by atoms with E-state index in [1.807, 2.05) is 10.8 Å². The fourth-order valence-corrected chi connectivity index (χ4v) is 2.00. The Bertz CT molecular complexity index is 616. The fraction of sp³-hybridized carbons (Fsp3) is 0.333. The maximum Gasteiger partial charge on any atom is 0.315 e. The lowest BCUT2D eigenvalue weighted by Crippen LogP contribution is -2.38. The lowest BCUT2D eigenvalue weighted by molar-refractivity contribution is 0.237. The number of carbonyl (C=O) groups excluding carboxylic acids is 1. The summed E-state index contributed by atoms with van der Waals surface area (Å²) in [5, 5.41) is 5.50. The van der Waals surface area contributed by atoms with Crippen LogP contribution in [0.2, 0.25) is 0 Å². The van der Waals surface area contributed by atoms with E-state index >= 15 is 0 Å². The number of benzene rings is 1. The van der Waals surface area contributed by atoms with Crippen LogP contribution in [0.15, 0.2) is 36.9 Å². The smallest absolute Gasteiger partial charge is 0.315 e. The van der Waals surface area contributed by atoms with Gasteiger partial charge in [-0.25, -0.2) is 14.2 Å². The molecule has 0 aliphatic rings. The molecule has 7 heteroatoms. The summed E-state index contributed by atoms with van der Waals surface area (Å²) < 4.78 is 20.4. The number of halogens is 1. The molecule has 118 valence electrons. The highest BCUT2D eigenvalue weighted by Gasteiger charge is 2.11. The summed E-state index contributed by atoms with van der Waals surface area (Å²) in [7, 11) is 1.41. The third-order valence-corrected chi connectivity index (χ3v) is 3.24. The largest absolute Gasteiger partial charge is 0.494 e. The van der Waals surface area contributed by atoms with Crippen molar-refractivity contribution in [1.82, 2.24) is 20.2 Å². The number of hydrogen-bond acceptors (Lipinski definition) is 3. The Balaban J connectivity index is 1.81. The molecule has 2 amide bonds. The van der Waals surface area contributed by atoms with Crippen molar-refractivity contribution >= 4 is 6.03 Å². The SMILES string of the molecule is COc1ccc([C@H](C)NC(=O)NCCn2ccnc2)cc1F. The molecule has 1 atom stereocenters. The van der Waals surface area contributed by atoms with E-state index < -0.39 is 5.82 Å². The average molecular weight is 306 g/mol. The molecule has 1 heterocycles. The molecule has 0 aliphatic heterocycles. The first-order valence-corrected chi connectivity index (χ1v) is 6.93. The van der Waals surface area contributed by atoms with E-state index in [0.29, 0.717) is 18.7 Å². The molecule has 0 spiro atoms. The van der Waals surface area contributed by atoms with Crippen molar-refractivity contribution in [2.45, 2.75) is 19.5 Å². The molecule has 0 radical (unpaired) electrons. The number of nitrogens with one attached hydrogen (secondary N) is 2. The van der Waals surface area contributed by atoms with Gasteiger partial charge in [0.25, 0.3) is 0 Å². The van der Waals surface area contributed by atoms with Crippen molar-refractivity contribution in [1.29, 1.82) is 0 Å². The van der Waals surface area contributed by atoms with Gasteiger partial charge in [0.1, 0.15) is 0 Å². The van der Waals surface area contributed by atoms with E-state index in [2.05, 4.69) is 15.6 Å². The Hall–Kier alpha value is -2.57. The summed E-state index contributed by atoms with van der Waals surface area (Å²) in [6.45, 7) is 2.90. The zero-order valence-electron chi connectivity index (χ0n) is 12.5. The van der Waals surface area contributed by atoms with Crippen LogP contribution in [0, 0.1) is 5.82 Å². The summed E-state index contributed by atoms with van der Waals surface area (Å²) in [5.41, 5.74) is 0.669. The highest BCUT2D eigenvalue weighted by atomic mass is 19.1. The van der Waals surface area contributed by atoms with E-state index in [4.69, 9.17) is 4.74 Å². The molecule has 2 aromatic rings. The van der Waals surface area contributed by atoms with E-state index in [1.165, 1.54) is 13.2 Å². The first kappa shape index (κ1) is 15.8. The normalized spacial score (nSPS) is 11.8. The van der Waals surface area contributed by atoms with Crippen LogP contribution >= 0.6 is 0 Å². The zero-order valence-corrected chi connectivity index (χ0v) is 12.5. The molecular formula is C15H19FN4O2. The minimum absolute atomic E-state index is 0.181. The number of aromatic nitrogens is 2. The predicted molar refractivity (Wildman–Crippen MR) is 80.1 cm³/mol. The van der Waals surface area contributed by atoms with Crippen LogP contribution in [0.3, 0.4) is 0 Å². The second-order valence-corrected chi connectivity index (χ2v) is 4.82. The van der Waals surface area contributed by atoms with Gasteiger partial charge in [0.15, 0.2) is 11.6 Å². The number of imidazole rings is 1. The molecule has 0 bridgehead atoms. The Morgan fingerprint density at radius 2 is 2.32 bits per heavy atom. The van der Waals surface area contributed by atoms with Gasteiger partial charge in [0.05, 0.1) is 19.5 Å². The maximum atomic E-state index is 13.6. The predicted octanol–water partition coefficient (Wildman–Crippen LogP) is 2.09. The van der Waals surface area contributed by atoms with Gasteiger partial charge in [-0.1, -0.05) is 6.07 Å². The summed E-state index contributed by atoms with van der Waals surface area (Å²) in [6, 6.07) is 4.01. The summed E-state index contributed by atoms with van der Waals surface area (Å²) in [4.78, 5) is 15.7. The number of amides is 2. The first-order valence-electron chi connectivity index (χ1n) is 6.93. The van der Waals surface area contributed by atoms with Gasteiger partial charge >= 0.3 is 6.03 Å². The quantitative estimate of drug-likeness (QED) is 0.858. The Kier molecular flexibility index (Phi) is 5.35. The first-order chi connectivity index (χ1) is 10.6. The van der Waals surface area contributed by atoms with Crippen LogP contribution < -0.4 is 15.4 Å². The molecule has 0 saturated carbocycles. The highest BCUT2D eigenvalue weighted by molar-refractivity contribution is 5.74. The average Bonchev–Trinajstić information content (AvgIpc) is 3.00. The van der Waals surface area contributed by atoms with Crippen LogP contribution in [-0.2, 0) is 6.54 Å². The van der Waals surface area contributed by atoms with Gasteiger partial charge in [0.2, 0.25) is 0 Å². The van der Waals surface area contributed by atoms with E-state index in [1.54, 1.807) is 31.6 Å². The van der Waals surface area contributed by atoms with Crippen molar-refractivity contribution in [2.75, 3.05) is 13.7 Å². The number of methoxy groups -OCH3 is 1. The summed E-state index contributed by atoms with van der Waals surface area (Å²) >= 11 is 0. The summed E-state index contributed by atoms with van der Waals surface area (Å²) in [6.07, 6.45) is 5.19. The number of urea groups is 1. The van der Waals surface area contributed by atoms with Crippen LogP contribution in [0.25, 0.3) is 0 Å². The van der Waals surface area contributed by atoms with E-state index in [0.717, 1.165) is 0 Å². The molecule has 2 N–H and O–H groups in total. The van der Waals surface area contributed by atoms with E-state index in [-0.39, 0.29) is 17.8 Å². The van der Waals surface area contributed by atoms with Gasteiger partial charge in [-0.05, 0) is 24.6 Å². The van der Waals surface area contributed by atoms with Crippen molar-refractivity contribution in [3.8, 4) is 5.75 Å². The maximum absolute atomic E-state index is 13.6. The molecule has 2 rings (SSSR count). The third kappa shape index (κ3) is 4.21. The molecule has 22 heavy (non-hydrogen) atoms. The second-order valence-electron chi connectivity index (χ2n) is 4.82. The second kappa shape index (κ2) is 7.44. The van der Waals surface area contributed by atoms with Crippen molar-refractivity contribution in [2.24, 2.45) is 0 Å². The van der Waals surface area contributed by atoms with Crippen LogP contribution in [0.5, 0.6) is 5.75 Å². The van der Waals surface area contributed by atoms with Gasteiger partial charge in [0, 0.05) is 25.5 Å². The van der Waals surface area contributed by atoms with Crippen LogP contribution in [-0.4, -0.2) is 29.2 Å². The highest BCUT2D eigenvalue weighted by Crippen LogP contribution is 2.21. The Morgan fingerprint density at radius 3 is 2.95 bits per heavy atom. The van der Waals surface area contributed by atoms with Gasteiger partial charge in [-0.2, -0.15) is 0 Å². The standard InChI is InChI=1S/C15H19FN4O2/c1-11(12-3-4-14(22-2)13(16)9-12)19-15(21)18-6-8-20-7-5-17-10-20/h3-5,7,9-11H,6,8H2,1-2H3,(H2,18,19,21)/t11-/m0/s1. The number of hydrogen-bond donors (Lipinski definition) is 2. The minimum Gasteiger partial charge on any atom is -0.494 e. The van der Waals surface area contributed by atoms with E-state index in [9.17, 15) is 9.18 Å². The minimum atomic E-state index is -0.450. The Labute approximate surface area is 128 Å². The van der Waals surface area contributed by atoms with Crippen molar-refractivity contribution in [3.63, 3.8) is 0 Å². The van der Waals surface area contributed by atoms with Crippen LogP contribution in [0.4, 0.5) is 9.18 Å². The number of ether oxygens (including phenoxy) is 1. The fourth-order valence-electron chi connectivity index (χ4n) is 2.00. The summed E-state index contributed by atoms with van der Waals surface area (Å²) in [5.74, 6) is -0.269. The van der Waals surface area contributed by atoms with Crippen molar-refractivity contribution in [3.05, 3.63) is 48.3 Å². The zero-order chi connectivity index (χ0) is 15.9. The monoisotopic (exact) mass is 306 g/mol. The Morgan fingerprint density at radius 1 is 1.50 bits per heavy atom. The lowest BCUT2D eigenvalue weighted by atomic mass is 10.1. The molecule has 1 aromatic carbocycles. The topological polar surface area (TPSA) is 68.2 Å². The number of rotatable bonds is 6. The molecule has 6 nitrogen and oxygen atoms in total. The molecule has 1 aromatic heterocycles. The molecule has 0 saturated heterocycles. The van der Waals surface area contributed by atoms with Gasteiger partial charge in [-0.3, -0.25) is 0 Å². The van der Waals surface area contributed by atoms with Gasteiger partial charge in [-0.15, -0.1) is 0 Å². The van der Waals surface area contributed by atoms with Gasteiger partial charge < -0.3 is 19.9 Å².